The SMILES string of the molecule is CCC(C)(C)c1ccnc(OCC(F)(F)F)c1F. The fraction of sp³-hybridized carbons (Fsp3) is 0.583. The summed E-state index contributed by atoms with van der Waals surface area (Å²) in [5, 5.41) is 0. The summed E-state index contributed by atoms with van der Waals surface area (Å²) in [4.78, 5) is 3.49. The van der Waals surface area contributed by atoms with Gasteiger partial charge in [-0.05, 0) is 17.9 Å². The minimum Gasteiger partial charge on any atom is -0.466 e. The van der Waals surface area contributed by atoms with Gasteiger partial charge < -0.3 is 4.74 Å². The maximum atomic E-state index is 14.0. The van der Waals surface area contributed by atoms with Gasteiger partial charge in [0.1, 0.15) is 0 Å². The maximum absolute atomic E-state index is 14.0. The number of pyridine rings is 1. The van der Waals surface area contributed by atoms with Crippen LogP contribution in [0.2, 0.25) is 0 Å². The normalized spacial score (nSPS) is 12.6. The van der Waals surface area contributed by atoms with Gasteiger partial charge in [-0.3, -0.25) is 0 Å². The summed E-state index contributed by atoms with van der Waals surface area (Å²) in [5.74, 6) is -1.43. The Morgan fingerprint density at radius 2 is 1.89 bits per heavy atom. The molecule has 6 heteroatoms. The van der Waals surface area contributed by atoms with E-state index in [0.717, 1.165) is 0 Å². The fourth-order valence-corrected chi connectivity index (χ4v) is 1.39. The van der Waals surface area contributed by atoms with Crippen molar-refractivity contribution in [2.75, 3.05) is 6.61 Å². The van der Waals surface area contributed by atoms with Gasteiger partial charge in [-0.2, -0.15) is 13.2 Å². The first-order valence-electron chi connectivity index (χ1n) is 5.52. The molecule has 0 saturated heterocycles. The van der Waals surface area contributed by atoms with Crippen LogP contribution < -0.4 is 4.74 Å². The van der Waals surface area contributed by atoms with E-state index in [4.69, 9.17) is 0 Å². The summed E-state index contributed by atoms with van der Waals surface area (Å²) in [5.41, 5.74) is -0.180. The van der Waals surface area contributed by atoms with E-state index in [1.165, 1.54) is 12.3 Å². The van der Waals surface area contributed by atoms with E-state index in [-0.39, 0.29) is 0 Å². The minimum absolute atomic E-state index is 0.303. The van der Waals surface area contributed by atoms with Crippen LogP contribution >= 0.6 is 0 Å². The molecule has 102 valence electrons. The summed E-state index contributed by atoms with van der Waals surface area (Å²) in [7, 11) is 0. The lowest BCUT2D eigenvalue weighted by Crippen LogP contribution is -2.22. The Bertz CT molecular complexity index is 415. The van der Waals surface area contributed by atoms with Crippen molar-refractivity contribution in [1.29, 1.82) is 0 Å². The van der Waals surface area contributed by atoms with Gasteiger partial charge in [-0.15, -0.1) is 0 Å². The minimum atomic E-state index is -4.51. The molecule has 1 aromatic rings. The molecule has 0 unspecified atom stereocenters. The second-order valence-corrected chi connectivity index (χ2v) is 4.62. The Hall–Kier alpha value is -1.33. The van der Waals surface area contributed by atoms with Gasteiger partial charge in [-0.25, -0.2) is 9.37 Å². The lowest BCUT2D eigenvalue weighted by Gasteiger charge is -2.24. The molecule has 0 N–H and O–H groups in total. The molecular weight excluding hydrogens is 250 g/mol. The van der Waals surface area contributed by atoms with Crippen LogP contribution in [0.5, 0.6) is 5.88 Å². The zero-order chi connectivity index (χ0) is 14.0. The first kappa shape index (κ1) is 14.7. The fourth-order valence-electron chi connectivity index (χ4n) is 1.39. The van der Waals surface area contributed by atoms with Gasteiger partial charge in [0.25, 0.3) is 5.88 Å². The molecule has 0 fully saturated rings. The van der Waals surface area contributed by atoms with Gasteiger partial charge in [0.15, 0.2) is 12.4 Å². The zero-order valence-electron chi connectivity index (χ0n) is 10.4. The largest absolute Gasteiger partial charge is 0.466 e. The van der Waals surface area contributed by atoms with Crippen molar-refractivity contribution in [2.24, 2.45) is 0 Å². The summed E-state index contributed by atoms with van der Waals surface area (Å²) in [6.07, 6.45) is -2.61. The predicted molar refractivity (Wildman–Crippen MR) is 59.1 cm³/mol. The second kappa shape index (κ2) is 5.12. The Kier molecular flexibility index (Phi) is 4.19. The molecule has 0 aliphatic heterocycles. The number of rotatable bonds is 4. The van der Waals surface area contributed by atoms with E-state index >= 15 is 0 Å². The number of nitrogens with zero attached hydrogens (tertiary/aromatic N) is 1. The highest BCUT2D eigenvalue weighted by molar-refractivity contribution is 5.29. The first-order chi connectivity index (χ1) is 8.17. The smallest absolute Gasteiger partial charge is 0.422 e. The molecule has 1 rings (SSSR count). The highest BCUT2D eigenvalue weighted by Gasteiger charge is 2.30. The van der Waals surface area contributed by atoms with Gasteiger partial charge in [-0.1, -0.05) is 20.8 Å². The molecular formula is C12H15F4NO. The highest BCUT2D eigenvalue weighted by atomic mass is 19.4. The van der Waals surface area contributed by atoms with Crippen molar-refractivity contribution in [3.8, 4) is 5.88 Å². The zero-order valence-corrected chi connectivity index (χ0v) is 10.4. The Morgan fingerprint density at radius 3 is 2.39 bits per heavy atom. The molecule has 0 bridgehead atoms. The number of hydrogen-bond acceptors (Lipinski definition) is 2. The van der Waals surface area contributed by atoms with E-state index in [2.05, 4.69) is 9.72 Å². The summed E-state index contributed by atoms with van der Waals surface area (Å²) in [6, 6.07) is 1.46. The quantitative estimate of drug-likeness (QED) is 0.771. The monoisotopic (exact) mass is 265 g/mol. The van der Waals surface area contributed by atoms with E-state index in [1.807, 2.05) is 6.92 Å². The molecule has 0 atom stereocenters. The Morgan fingerprint density at radius 1 is 1.28 bits per heavy atom. The number of alkyl halides is 3. The maximum Gasteiger partial charge on any atom is 0.422 e. The van der Waals surface area contributed by atoms with Crippen LogP contribution in [0, 0.1) is 5.82 Å². The number of aromatic nitrogens is 1. The number of hydrogen-bond donors (Lipinski definition) is 0. The Balaban J connectivity index is 2.99. The summed E-state index contributed by atoms with van der Waals surface area (Å²) >= 11 is 0. The highest BCUT2D eigenvalue weighted by Crippen LogP contribution is 2.32. The lowest BCUT2D eigenvalue weighted by atomic mass is 9.82. The van der Waals surface area contributed by atoms with Crippen molar-refractivity contribution in [1.82, 2.24) is 4.98 Å². The van der Waals surface area contributed by atoms with Crippen molar-refractivity contribution in [3.63, 3.8) is 0 Å². The third-order valence-corrected chi connectivity index (χ3v) is 2.84. The third-order valence-electron chi connectivity index (χ3n) is 2.84. The summed E-state index contributed by atoms with van der Waals surface area (Å²) in [6.45, 7) is 3.93. The van der Waals surface area contributed by atoms with Gasteiger partial charge in [0, 0.05) is 11.8 Å². The first-order valence-corrected chi connectivity index (χ1v) is 5.52. The molecule has 1 heterocycles. The van der Waals surface area contributed by atoms with Crippen LogP contribution in [0.3, 0.4) is 0 Å². The molecule has 0 aromatic carbocycles. The third kappa shape index (κ3) is 3.58. The second-order valence-electron chi connectivity index (χ2n) is 4.62. The molecule has 2 nitrogen and oxygen atoms in total. The molecule has 0 aliphatic carbocycles. The van der Waals surface area contributed by atoms with Crippen LogP contribution in [0.25, 0.3) is 0 Å². The summed E-state index contributed by atoms with van der Waals surface area (Å²) < 4.78 is 54.3. The van der Waals surface area contributed by atoms with Crippen LogP contribution in [-0.4, -0.2) is 17.8 Å². The predicted octanol–water partition coefficient (Wildman–Crippen LogP) is 3.85. The van der Waals surface area contributed by atoms with Crippen molar-refractivity contribution < 1.29 is 22.3 Å². The number of ether oxygens (including phenoxy) is 1. The molecule has 0 radical (unpaired) electrons. The van der Waals surface area contributed by atoms with Gasteiger partial charge >= 0.3 is 6.18 Å². The Labute approximate surface area is 103 Å². The van der Waals surface area contributed by atoms with Gasteiger partial charge in [0.2, 0.25) is 0 Å². The van der Waals surface area contributed by atoms with E-state index in [1.54, 1.807) is 13.8 Å². The topological polar surface area (TPSA) is 22.1 Å². The lowest BCUT2D eigenvalue weighted by molar-refractivity contribution is -0.154. The van der Waals surface area contributed by atoms with E-state index in [0.29, 0.717) is 12.0 Å². The van der Waals surface area contributed by atoms with Crippen LogP contribution in [0.4, 0.5) is 17.6 Å². The van der Waals surface area contributed by atoms with Crippen LogP contribution in [-0.2, 0) is 5.41 Å². The van der Waals surface area contributed by atoms with E-state index < -0.39 is 29.9 Å². The van der Waals surface area contributed by atoms with Crippen molar-refractivity contribution in [2.45, 2.75) is 38.8 Å². The molecule has 0 spiro atoms. The van der Waals surface area contributed by atoms with Gasteiger partial charge in [0.05, 0.1) is 0 Å². The molecule has 0 amide bonds. The molecule has 0 aliphatic rings. The molecule has 1 aromatic heterocycles. The average molecular weight is 265 g/mol. The van der Waals surface area contributed by atoms with Crippen LogP contribution in [0.1, 0.15) is 32.8 Å². The molecule has 18 heavy (non-hydrogen) atoms. The molecule has 0 saturated carbocycles. The van der Waals surface area contributed by atoms with Crippen LogP contribution in [0.15, 0.2) is 12.3 Å². The van der Waals surface area contributed by atoms with Crippen molar-refractivity contribution >= 4 is 0 Å². The van der Waals surface area contributed by atoms with Crippen molar-refractivity contribution in [3.05, 3.63) is 23.6 Å². The number of halogens is 4. The average Bonchev–Trinajstić information content (AvgIpc) is 2.26. The standard InChI is InChI=1S/C12H15F4NO/c1-4-11(2,3)8-5-6-17-10(9(8)13)18-7-12(14,15)16/h5-6H,4,7H2,1-3H3. The van der Waals surface area contributed by atoms with E-state index in [9.17, 15) is 17.6 Å².